The lowest BCUT2D eigenvalue weighted by Gasteiger charge is -2.13. The molecular weight excluding hydrogens is 369 g/mol. The van der Waals surface area contributed by atoms with Gasteiger partial charge in [0.15, 0.2) is 6.10 Å². The first-order valence-corrected chi connectivity index (χ1v) is 9.53. The lowest BCUT2D eigenvalue weighted by molar-refractivity contribution is -0.152. The molecule has 0 unspecified atom stereocenters. The molecule has 5 nitrogen and oxygen atoms in total. The fraction of sp³-hybridized carbons (Fsp3) is 0.300. The van der Waals surface area contributed by atoms with Crippen LogP contribution in [0.3, 0.4) is 0 Å². The summed E-state index contributed by atoms with van der Waals surface area (Å²) in [6, 6.07) is 13.2. The first-order chi connectivity index (χ1) is 13.0. The Bertz CT molecular complexity index is 750. The Balaban J connectivity index is 1.72. The summed E-state index contributed by atoms with van der Waals surface area (Å²) in [7, 11) is 0. The number of halogens is 1. The van der Waals surface area contributed by atoms with Crippen LogP contribution in [0.5, 0.6) is 5.75 Å². The van der Waals surface area contributed by atoms with Gasteiger partial charge in [-0.25, -0.2) is 4.39 Å². The molecule has 7 heteroatoms. The average Bonchev–Trinajstić information content (AvgIpc) is 2.67. The van der Waals surface area contributed by atoms with Crippen LogP contribution in [-0.4, -0.2) is 30.3 Å². The van der Waals surface area contributed by atoms with E-state index in [1.165, 1.54) is 30.8 Å². The van der Waals surface area contributed by atoms with Crippen molar-refractivity contribution >= 4 is 23.6 Å². The first kappa shape index (κ1) is 20.8. The minimum absolute atomic E-state index is 0.101. The highest BCUT2D eigenvalue weighted by molar-refractivity contribution is 8.00. The van der Waals surface area contributed by atoms with Crippen molar-refractivity contribution in [3.63, 3.8) is 0 Å². The van der Waals surface area contributed by atoms with Gasteiger partial charge in [0.05, 0.1) is 12.4 Å². The lowest BCUT2D eigenvalue weighted by Crippen LogP contribution is -2.35. The molecule has 0 fully saturated rings. The second-order valence-electron chi connectivity index (χ2n) is 5.67. The van der Waals surface area contributed by atoms with Gasteiger partial charge in [0, 0.05) is 11.4 Å². The summed E-state index contributed by atoms with van der Waals surface area (Å²) in [5, 5.41) is 2.66. The van der Waals surface area contributed by atoms with Crippen molar-refractivity contribution in [1.29, 1.82) is 0 Å². The molecule has 2 rings (SSSR count). The van der Waals surface area contributed by atoms with Crippen LogP contribution in [0.15, 0.2) is 53.4 Å². The fourth-order valence-electron chi connectivity index (χ4n) is 2.16. The number of hydrogen-bond acceptors (Lipinski definition) is 5. The molecule has 2 aromatic carbocycles. The van der Waals surface area contributed by atoms with Crippen LogP contribution in [0, 0.1) is 5.82 Å². The summed E-state index contributed by atoms with van der Waals surface area (Å²) in [4.78, 5) is 24.8. The van der Waals surface area contributed by atoms with E-state index in [0.717, 1.165) is 16.2 Å². The third-order valence-corrected chi connectivity index (χ3v) is 4.53. The van der Waals surface area contributed by atoms with Gasteiger partial charge in [0.2, 0.25) is 0 Å². The SMILES string of the molecule is CCOc1ccc(SCC(=O)O[C@H](C)C(=O)NCc2ccc(F)cc2)cc1. The first-order valence-electron chi connectivity index (χ1n) is 8.55. The maximum absolute atomic E-state index is 12.9. The minimum Gasteiger partial charge on any atom is -0.494 e. The maximum Gasteiger partial charge on any atom is 0.317 e. The number of carbonyl (C=O) groups is 2. The number of benzene rings is 2. The molecule has 1 atom stereocenters. The fourth-order valence-corrected chi connectivity index (χ4v) is 2.84. The molecule has 0 bridgehead atoms. The minimum atomic E-state index is -0.904. The monoisotopic (exact) mass is 391 g/mol. The Hall–Kier alpha value is -2.54. The second kappa shape index (κ2) is 10.6. The normalized spacial score (nSPS) is 11.5. The molecule has 1 amide bonds. The molecule has 0 saturated heterocycles. The van der Waals surface area contributed by atoms with Gasteiger partial charge < -0.3 is 14.8 Å². The third-order valence-electron chi connectivity index (χ3n) is 3.55. The number of amides is 1. The molecule has 0 spiro atoms. The highest BCUT2D eigenvalue weighted by Crippen LogP contribution is 2.21. The summed E-state index contributed by atoms with van der Waals surface area (Å²) < 4.78 is 23.4. The van der Waals surface area contributed by atoms with Crippen molar-refractivity contribution < 1.29 is 23.5 Å². The molecular formula is C20H22FNO4S. The van der Waals surface area contributed by atoms with Crippen LogP contribution < -0.4 is 10.1 Å². The average molecular weight is 391 g/mol. The van der Waals surface area contributed by atoms with Crippen molar-refractivity contribution in [1.82, 2.24) is 5.32 Å². The predicted molar refractivity (Wildman–Crippen MR) is 102 cm³/mol. The Morgan fingerprint density at radius 1 is 1.11 bits per heavy atom. The Morgan fingerprint density at radius 3 is 2.41 bits per heavy atom. The largest absolute Gasteiger partial charge is 0.494 e. The quantitative estimate of drug-likeness (QED) is 0.523. The van der Waals surface area contributed by atoms with E-state index in [1.54, 1.807) is 12.1 Å². The summed E-state index contributed by atoms with van der Waals surface area (Å²) in [5.74, 6) is -0.339. The molecule has 0 aromatic heterocycles. The Kier molecular flexibility index (Phi) is 8.13. The summed E-state index contributed by atoms with van der Waals surface area (Å²) >= 11 is 1.32. The number of nitrogens with one attached hydrogen (secondary N) is 1. The molecule has 144 valence electrons. The lowest BCUT2D eigenvalue weighted by atomic mass is 10.2. The van der Waals surface area contributed by atoms with Gasteiger partial charge in [-0.3, -0.25) is 9.59 Å². The Morgan fingerprint density at radius 2 is 1.78 bits per heavy atom. The summed E-state index contributed by atoms with van der Waals surface area (Å²) in [5.41, 5.74) is 0.759. The van der Waals surface area contributed by atoms with E-state index >= 15 is 0 Å². The molecule has 0 aliphatic carbocycles. The number of ether oxygens (including phenoxy) is 2. The molecule has 0 heterocycles. The smallest absolute Gasteiger partial charge is 0.317 e. The van der Waals surface area contributed by atoms with Crippen molar-refractivity contribution in [2.45, 2.75) is 31.4 Å². The van der Waals surface area contributed by atoms with Gasteiger partial charge in [0.1, 0.15) is 11.6 Å². The van der Waals surface area contributed by atoms with Gasteiger partial charge in [-0.1, -0.05) is 12.1 Å². The van der Waals surface area contributed by atoms with Crippen LogP contribution >= 0.6 is 11.8 Å². The van der Waals surface area contributed by atoms with Gasteiger partial charge in [-0.15, -0.1) is 11.8 Å². The molecule has 0 radical (unpaired) electrons. The molecule has 1 N–H and O–H groups in total. The van der Waals surface area contributed by atoms with E-state index in [9.17, 15) is 14.0 Å². The van der Waals surface area contributed by atoms with Crippen LogP contribution in [0.25, 0.3) is 0 Å². The van der Waals surface area contributed by atoms with Gasteiger partial charge in [0.25, 0.3) is 5.91 Å². The number of rotatable bonds is 9. The molecule has 27 heavy (non-hydrogen) atoms. The van der Waals surface area contributed by atoms with Crippen molar-refractivity contribution in [2.24, 2.45) is 0 Å². The highest BCUT2D eigenvalue weighted by Gasteiger charge is 2.17. The summed E-state index contributed by atoms with van der Waals surface area (Å²) in [6.07, 6.45) is -0.904. The molecule has 0 saturated carbocycles. The third kappa shape index (κ3) is 7.30. The zero-order valence-electron chi connectivity index (χ0n) is 15.2. The predicted octanol–water partition coefficient (Wildman–Crippen LogP) is 3.56. The number of esters is 1. The van der Waals surface area contributed by atoms with Gasteiger partial charge in [-0.2, -0.15) is 0 Å². The zero-order chi connectivity index (χ0) is 19.6. The topological polar surface area (TPSA) is 64.6 Å². The molecule has 0 aliphatic rings. The highest BCUT2D eigenvalue weighted by atomic mass is 32.2. The molecule has 0 aliphatic heterocycles. The van der Waals surface area contributed by atoms with E-state index in [1.807, 2.05) is 31.2 Å². The Labute approximate surface area is 162 Å². The van der Waals surface area contributed by atoms with E-state index in [2.05, 4.69) is 5.32 Å². The standard InChI is InChI=1S/C20H22FNO4S/c1-3-25-17-8-10-18(11-9-17)27-13-19(23)26-14(2)20(24)22-12-15-4-6-16(21)7-5-15/h4-11,14H,3,12-13H2,1-2H3,(H,22,24)/t14-/m1/s1. The maximum atomic E-state index is 12.9. The second-order valence-corrected chi connectivity index (χ2v) is 6.72. The number of thioether (sulfide) groups is 1. The van der Waals surface area contributed by atoms with E-state index in [4.69, 9.17) is 9.47 Å². The van der Waals surface area contributed by atoms with Crippen LogP contribution in [-0.2, 0) is 20.9 Å². The molecule has 2 aromatic rings. The van der Waals surface area contributed by atoms with Crippen LogP contribution in [0.2, 0.25) is 0 Å². The summed E-state index contributed by atoms with van der Waals surface area (Å²) in [6.45, 7) is 4.26. The van der Waals surface area contributed by atoms with Crippen molar-refractivity contribution in [3.8, 4) is 5.75 Å². The van der Waals surface area contributed by atoms with Crippen LogP contribution in [0.4, 0.5) is 4.39 Å². The van der Waals surface area contributed by atoms with Crippen molar-refractivity contribution in [2.75, 3.05) is 12.4 Å². The number of hydrogen-bond donors (Lipinski definition) is 1. The van der Waals surface area contributed by atoms with Gasteiger partial charge in [-0.05, 0) is 55.8 Å². The van der Waals surface area contributed by atoms with E-state index in [-0.39, 0.29) is 18.1 Å². The van der Waals surface area contributed by atoms with Crippen molar-refractivity contribution in [3.05, 3.63) is 59.9 Å². The van der Waals surface area contributed by atoms with Crippen LogP contribution in [0.1, 0.15) is 19.4 Å². The van der Waals surface area contributed by atoms with Gasteiger partial charge >= 0.3 is 5.97 Å². The zero-order valence-corrected chi connectivity index (χ0v) is 16.1. The van der Waals surface area contributed by atoms with E-state index < -0.39 is 18.0 Å². The van der Waals surface area contributed by atoms with E-state index in [0.29, 0.717) is 6.61 Å². The number of carbonyl (C=O) groups excluding carboxylic acids is 2.